The molecule has 0 aromatic carbocycles. The third-order valence-electron chi connectivity index (χ3n) is 10.4. The summed E-state index contributed by atoms with van der Waals surface area (Å²) < 4.78 is 18.2. The number of amides is 1. The van der Waals surface area contributed by atoms with Gasteiger partial charge in [-0.25, -0.2) is 0 Å². The van der Waals surface area contributed by atoms with Crippen molar-refractivity contribution in [3.8, 4) is 0 Å². The molecule has 8 fully saturated rings. The monoisotopic (exact) mass is 457 g/mol. The Balaban J connectivity index is 1.49. The number of hydrogen-bond acceptors (Lipinski definition) is 6. The van der Waals surface area contributed by atoms with E-state index in [2.05, 4.69) is 13.5 Å². The van der Waals surface area contributed by atoms with E-state index in [1.807, 2.05) is 4.90 Å². The lowest BCUT2D eigenvalue weighted by atomic mass is 9.32. The molecule has 3 heterocycles. The summed E-state index contributed by atoms with van der Waals surface area (Å²) in [4.78, 5) is 39.6. The van der Waals surface area contributed by atoms with Gasteiger partial charge in [-0.2, -0.15) is 0 Å². The molecule has 3 saturated heterocycles. The first kappa shape index (κ1) is 21.6. The fourth-order valence-electron chi connectivity index (χ4n) is 9.62. The van der Waals surface area contributed by atoms with E-state index in [-0.39, 0.29) is 53.5 Å². The molecule has 7 bridgehead atoms. The lowest BCUT2D eigenvalue weighted by molar-refractivity contribution is -0.407. The van der Waals surface area contributed by atoms with Gasteiger partial charge >= 0.3 is 11.9 Å². The van der Waals surface area contributed by atoms with Gasteiger partial charge in [0.25, 0.3) is 0 Å². The molecule has 0 radical (unpaired) electrons. The molecule has 0 N–H and O–H groups in total. The van der Waals surface area contributed by atoms with Crippen molar-refractivity contribution in [2.45, 2.75) is 84.2 Å². The normalized spacial score (nSPS) is 49.0. The van der Waals surface area contributed by atoms with Crippen LogP contribution in [0.1, 0.15) is 65.7 Å². The molecule has 5 aliphatic carbocycles. The van der Waals surface area contributed by atoms with Crippen LogP contribution in [0.4, 0.5) is 0 Å². The lowest BCUT2D eigenvalue weighted by Crippen LogP contribution is -2.85. The Morgan fingerprint density at radius 2 is 2.00 bits per heavy atom. The van der Waals surface area contributed by atoms with Crippen LogP contribution in [-0.4, -0.2) is 54.3 Å². The molecular weight excluding hydrogens is 422 g/mol. The van der Waals surface area contributed by atoms with Gasteiger partial charge in [0.2, 0.25) is 5.91 Å². The van der Waals surface area contributed by atoms with Crippen LogP contribution in [0.25, 0.3) is 0 Å². The zero-order valence-electron chi connectivity index (χ0n) is 19.9. The summed E-state index contributed by atoms with van der Waals surface area (Å²) in [5, 5.41) is 0. The molecular formula is C26H35NO6. The van der Waals surface area contributed by atoms with Crippen LogP contribution in [0.15, 0.2) is 12.2 Å². The smallest absolute Gasteiger partial charge is 0.303 e. The molecule has 8 rings (SSSR count). The molecule has 3 aliphatic heterocycles. The second-order valence-corrected chi connectivity index (χ2v) is 11.8. The molecule has 5 saturated carbocycles. The summed E-state index contributed by atoms with van der Waals surface area (Å²) in [6.07, 6.45) is 5.99. The maximum atomic E-state index is 14.0. The zero-order valence-corrected chi connectivity index (χ0v) is 19.9. The standard InChI is InChI=1S/C26H35NO6/c1-14-13-25-9-6-17(14)12-18(25)26-8-5-7-24(4)20(26)19(32-16(3)29)21(25)33-23(26)27(22(24)30)10-11-31-15(2)28/h17-21,23H,1,5-13H2,2-4H3. The van der Waals surface area contributed by atoms with Crippen molar-refractivity contribution < 1.29 is 28.6 Å². The third-order valence-corrected chi connectivity index (χ3v) is 10.4. The summed E-state index contributed by atoms with van der Waals surface area (Å²) in [6.45, 7) is 9.88. The predicted octanol–water partition coefficient (Wildman–Crippen LogP) is 3.22. The van der Waals surface area contributed by atoms with E-state index in [1.165, 1.54) is 19.4 Å². The average Bonchev–Trinajstić information content (AvgIpc) is 2.75. The van der Waals surface area contributed by atoms with Crippen LogP contribution >= 0.6 is 0 Å². The zero-order chi connectivity index (χ0) is 23.3. The third kappa shape index (κ3) is 2.52. The van der Waals surface area contributed by atoms with Gasteiger partial charge in [0.1, 0.15) is 25.0 Å². The highest BCUT2D eigenvalue weighted by Gasteiger charge is 2.82. The molecule has 9 unspecified atom stereocenters. The molecule has 7 nitrogen and oxygen atoms in total. The molecule has 0 aromatic rings. The number of likely N-dealkylation sites (tertiary alicyclic amines) is 1. The summed E-state index contributed by atoms with van der Waals surface area (Å²) in [6, 6.07) is 0. The molecule has 8 aliphatic rings. The van der Waals surface area contributed by atoms with Crippen molar-refractivity contribution in [3.63, 3.8) is 0 Å². The van der Waals surface area contributed by atoms with Crippen molar-refractivity contribution in [2.24, 2.45) is 34.0 Å². The largest absolute Gasteiger partial charge is 0.464 e. The average molecular weight is 458 g/mol. The Bertz CT molecular complexity index is 947. The topological polar surface area (TPSA) is 82.1 Å². The number of carbonyl (C=O) groups excluding carboxylic acids is 3. The van der Waals surface area contributed by atoms with Crippen molar-refractivity contribution >= 4 is 17.8 Å². The van der Waals surface area contributed by atoms with E-state index >= 15 is 0 Å². The molecule has 1 amide bonds. The van der Waals surface area contributed by atoms with Crippen molar-refractivity contribution in [1.29, 1.82) is 0 Å². The van der Waals surface area contributed by atoms with Crippen molar-refractivity contribution in [2.75, 3.05) is 13.2 Å². The Kier molecular flexibility index (Phi) is 4.48. The number of hydrogen-bond donors (Lipinski definition) is 0. The van der Waals surface area contributed by atoms with Crippen LogP contribution in [0.5, 0.6) is 0 Å². The fraction of sp³-hybridized carbons (Fsp3) is 0.808. The molecule has 0 aromatic heterocycles. The maximum Gasteiger partial charge on any atom is 0.303 e. The van der Waals surface area contributed by atoms with E-state index in [1.54, 1.807) is 0 Å². The number of piperidine rings is 1. The first-order valence-electron chi connectivity index (χ1n) is 12.6. The second-order valence-electron chi connectivity index (χ2n) is 11.8. The highest BCUT2D eigenvalue weighted by atomic mass is 16.6. The number of fused-ring (bicyclic) bond motifs is 2. The number of nitrogens with zero attached hydrogens (tertiary/aromatic N) is 1. The first-order chi connectivity index (χ1) is 15.6. The van der Waals surface area contributed by atoms with Gasteiger partial charge < -0.3 is 19.1 Å². The SMILES string of the molecule is C=C1CC23CCC1CC2C12CCCC4(C)C(=O)N(CCOC(C)=O)C1OC3C(OC(C)=O)C42. The number of rotatable bonds is 4. The molecule has 9 atom stereocenters. The van der Waals surface area contributed by atoms with Gasteiger partial charge in [0, 0.05) is 30.6 Å². The van der Waals surface area contributed by atoms with Crippen LogP contribution in [0.3, 0.4) is 0 Å². The highest BCUT2D eigenvalue weighted by Crippen LogP contribution is 2.78. The van der Waals surface area contributed by atoms with E-state index in [0.717, 1.165) is 44.9 Å². The minimum Gasteiger partial charge on any atom is -0.464 e. The Morgan fingerprint density at radius 1 is 1.21 bits per heavy atom. The van der Waals surface area contributed by atoms with Crippen LogP contribution in [-0.2, 0) is 28.6 Å². The number of ether oxygens (including phenoxy) is 3. The summed E-state index contributed by atoms with van der Waals surface area (Å²) >= 11 is 0. The van der Waals surface area contributed by atoms with Gasteiger partial charge in [0.15, 0.2) is 0 Å². The Morgan fingerprint density at radius 3 is 2.70 bits per heavy atom. The highest BCUT2D eigenvalue weighted by molar-refractivity contribution is 5.85. The molecule has 33 heavy (non-hydrogen) atoms. The van der Waals surface area contributed by atoms with Gasteiger partial charge in [-0.1, -0.05) is 25.5 Å². The molecule has 2 spiro atoms. The number of esters is 2. The van der Waals surface area contributed by atoms with Gasteiger partial charge in [0.05, 0.1) is 12.0 Å². The van der Waals surface area contributed by atoms with Crippen LogP contribution in [0.2, 0.25) is 0 Å². The van der Waals surface area contributed by atoms with Crippen molar-refractivity contribution in [1.82, 2.24) is 4.90 Å². The predicted molar refractivity (Wildman–Crippen MR) is 117 cm³/mol. The Hall–Kier alpha value is -1.89. The lowest BCUT2D eigenvalue weighted by Gasteiger charge is -2.79. The van der Waals surface area contributed by atoms with Crippen molar-refractivity contribution in [3.05, 3.63) is 12.2 Å². The van der Waals surface area contributed by atoms with Crippen LogP contribution < -0.4 is 0 Å². The minimum absolute atomic E-state index is 0.0351. The van der Waals surface area contributed by atoms with E-state index in [9.17, 15) is 14.4 Å². The molecule has 7 heteroatoms. The van der Waals surface area contributed by atoms with E-state index < -0.39 is 11.5 Å². The second kappa shape index (κ2) is 6.83. The maximum absolute atomic E-state index is 14.0. The fourth-order valence-corrected chi connectivity index (χ4v) is 9.62. The quantitative estimate of drug-likeness (QED) is 0.476. The summed E-state index contributed by atoms with van der Waals surface area (Å²) in [5.74, 6) is 0.344. The number of carbonyl (C=O) groups is 3. The minimum atomic E-state index is -0.609. The molecule has 180 valence electrons. The van der Waals surface area contributed by atoms with Gasteiger partial charge in [-0.05, 0) is 50.4 Å². The van der Waals surface area contributed by atoms with E-state index in [0.29, 0.717) is 18.4 Å². The van der Waals surface area contributed by atoms with E-state index in [4.69, 9.17) is 14.2 Å². The summed E-state index contributed by atoms with van der Waals surface area (Å²) in [5.41, 5.74) is 0.394. The Labute approximate surface area is 195 Å². The van der Waals surface area contributed by atoms with Gasteiger partial charge in [-0.15, -0.1) is 0 Å². The van der Waals surface area contributed by atoms with Gasteiger partial charge in [-0.3, -0.25) is 14.4 Å². The summed E-state index contributed by atoms with van der Waals surface area (Å²) in [7, 11) is 0. The van der Waals surface area contributed by atoms with Crippen LogP contribution in [0, 0.1) is 34.0 Å². The number of allylic oxidation sites excluding steroid dienone is 1. The first-order valence-corrected chi connectivity index (χ1v) is 12.6.